The lowest BCUT2D eigenvalue weighted by molar-refractivity contribution is -0.137. The van der Waals surface area contributed by atoms with Gasteiger partial charge in [-0.3, -0.25) is 14.4 Å². The van der Waals surface area contributed by atoms with Crippen molar-refractivity contribution in [3.05, 3.63) is 54.4 Å². The normalized spacial score (nSPS) is 18.1. The summed E-state index contributed by atoms with van der Waals surface area (Å²) in [5.74, 6) is 0.0973. The van der Waals surface area contributed by atoms with E-state index < -0.39 is 6.10 Å². The molecule has 0 radical (unpaired) electrons. The predicted octanol–water partition coefficient (Wildman–Crippen LogP) is 1.40. The third-order valence-corrected chi connectivity index (χ3v) is 4.74. The molecule has 0 bridgehead atoms. The first-order valence-corrected chi connectivity index (χ1v) is 8.85. The predicted molar refractivity (Wildman–Crippen MR) is 95.8 cm³/mol. The van der Waals surface area contributed by atoms with E-state index in [4.69, 9.17) is 0 Å². The molecule has 2 aromatic rings. The fourth-order valence-corrected chi connectivity index (χ4v) is 3.25. The zero-order chi connectivity index (χ0) is 17.6. The second-order valence-electron chi connectivity index (χ2n) is 6.68. The minimum absolute atomic E-state index is 0.0821. The van der Waals surface area contributed by atoms with Crippen LogP contribution in [0.5, 0.6) is 0 Å². The Morgan fingerprint density at radius 2 is 1.84 bits per heavy atom. The highest BCUT2D eigenvalue weighted by Gasteiger charge is 2.26. The number of hydrogen-bond donors (Lipinski definition) is 1. The van der Waals surface area contributed by atoms with Crippen LogP contribution < -0.4 is 0 Å². The van der Waals surface area contributed by atoms with E-state index in [0.29, 0.717) is 26.2 Å². The Morgan fingerprint density at radius 1 is 1.12 bits per heavy atom. The summed E-state index contributed by atoms with van der Waals surface area (Å²) in [5.41, 5.74) is 0.939. The molecule has 134 valence electrons. The Balaban J connectivity index is 1.45. The Labute approximate surface area is 148 Å². The molecule has 2 atom stereocenters. The fraction of sp³-hybridized carbons (Fsp3) is 0.474. The van der Waals surface area contributed by atoms with Gasteiger partial charge in [0.15, 0.2) is 0 Å². The molecule has 1 aromatic carbocycles. The fourth-order valence-electron chi connectivity index (χ4n) is 3.25. The van der Waals surface area contributed by atoms with Crippen LogP contribution in [0.15, 0.2) is 48.8 Å². The average molecular weight is 342 g/mol. The van der Waals surface area contributed by atoms with Gasteiger partial charge in [-0.1, -0.05) is 37.3 Å². The van der Waals surface area contributed by atoms with Crippen LogP contribution in [0.1, 0.15) is 18.6 Å². The monoisotopic (exact) mass is 342 g/mol. The summed E-state index contributed by atoms with van der Waals surface area (Å²) in [4.78, 5) is 16.7. The van der Waals surface area contributed by atoms with Crippen molar-refractivity contribution in [1.29, 1.82) is 0 Å². The number of aliphatic hydroxyl groups excluding tert-OH is 1. The summed E-state index contributed by atoms with van der Waals surface area (Å²) in [6.07, 6.45) is 3.13. The molecule has 1 fully saturated rings. The van der Waals surface area contributed by atoms with E-state index in [1.54, 1.807) is 10.9 Å². The number of piperazine rings is 1. The number of nitrogens with zero attached hydrogens (tertiary/aromatic N) is 4. The van der Waals surface area contributed by atoms with Crippen molar-refractivity contribution < 1.29 is 9.90 Å². The molecular formula is C19H26N4O2. The second kappa shape index (κ2) is 8.27. The standard InChI is InChI=1S/C19H26N4O2/c1-16(14-23-9-5-8-20-23)19(25)22-12-10-21(11-13-22)15-18(24)17-6-3-2-4-7-17/h2-9,16,18,24H,10-15H2,1H3. The first-order chi connectivity index (χ1) is 12.1. The van der Waals surface area contributed by atoms with E-state index in [0.717, 1.165) is 18.7 Å². The summed E-state index contributed by atoms with van der Waals surface area (Å²) in [5, 5.41) is 14.5. The molecule has 6 nitrogen and oxygen atoms in total. The number of rotatable bonds is 6. The molecule has 2 heterocycles. The van der Waals surface area contributed by atoms with Crippen LogP contribution in [0, 0.1) is 5.92 Å². The quantitative estimate of drug-likeness (QED) is 0.862. The largest absolute Gasteiger partial charge is 0.387 e. The summed E-state index contributed by atoms with van der Waals surface area (Å²) in [6, 6.07) is 11.6. The van der Waals surface area contributed by atoms with Crippen LogP contribution in [-0.4, -0.2) is 63.3 Å². The molecule has 1 aromatic heterocycles. The van der Waals surface area contributed by atoms with Gasteiger partial charge in [0.25, 0.3) is 0 Å². The molecule has 1 N–H and O–H groups in total. The zero-order valence-electron chi connectivity index (χ0n) is 14.7. The molecule has 0 saturated carbocycles. The van der Waals surface area contributed by atoms with Crippen LogP contribution in [0.25, 0.3) is 0 Å². The molecular weight excluding hydrogens is 316 g/mol. The number of aromatic nitrogens is 2. The maximum atomic E-state index is 12.6. The number of β-amino-alcohol motifs (C(OH)–C–C–N with tert-alkyl or cyclic N) is 1. The van der Waals surface area contributed by atoms with Crippen molar-refractivity contribution >= 4 is 5.91 Å². The summed E-state index contributed by atoms with van der Waals surface area (Å²) in [7, 11) is 0. The smallest absolute Gasteiger partial charge is 0.227 e. The molecule has 0 spiro atoms. The summed E-state index contributed by atoms with van der Waals surface area (Å²) >= 11 is 0. The first kappa shape index (κ1) is 17.6. The highest BCUT2D eigenvalue weighted by Crippen LogP contribution is 2.16. The Kier molecular flexibility index (Phi) is 5.83. The minimum atomic E-state index is -0.484. The lowest BCUT2D eigenvalue weighted by atomic mass is 10.1. The number of carbonyl (C=O) groups is 1. The molecule has 1 aliphatic rings. The molecule has 2 unspecified atom stereocenters. The molecule has 3 rings (SSSR count). The molecule has 1 aliphatic heterocycles. The lowest BCUT2D eigenvalue weighted by Crippen LogP contribution is -2.51. The zero-order valence-corrected chi connectivity index (χ0v) is 14.7. The second-order valence-corrected chi connectivity index (χ2v) is 6.68. The van der Waals surface area contributed by atoms with Crippen molar-refractivity contribution in [2.24, 2.45) is 5.92 Å². The molecule has 1 saturated heterocycles. The molecule has 6 heteroatoms. The van der Waals surface area contributed by atoms with Crippen molar-refractivity contribution in [2.45, 2.75) is 19.6 Å². The number of benzene rings is 1. The van der Waals surface area contributed by atoms with Crippen LogP contribution in [0.2, 0.25) is 0 Å². The Morgan fingerprint density at radius 3 is 2.48 bits per heavy atom. The number of carbonyl (C=O) groups excluding carboxylic acids is 1. The van der Waals surface area contributed by atoms with Gasteiger partial charge in [0.1, 0.15) is 0 Å². The van der Waals surface area contributed by atoms with Gasteiger partial charge < -0.3 is 10.0 Å². The SMILES string of the molecule is CC(Cn1cccn1)C(=O)N1CCN(CC(O)c2ccccc2)CC1. The van der Waals surface area contributed by atoms with Gasteiger partial charge in [0, 0.05) is 45.1 Å². The van der Waals surface area contributed by atoms with Gasteiger partial charge in [-0.15, -0.1) is 0 Å². The van der Waals surface area contributed by atoms with Crippen molar-refractivity contribution in [3.63, 3.8) is 0 Å². The number of hydrogen-bond acceptors (Lipinski definition) is 4. The van der Waals surface area contributed by atoms with Crippen molar-refractivity contribution in [1.82, 2.24) is 19.6 Å². The number of aliphatic hydroxyl groups is 1. The molecule has 25 heavy (non-hydrogen) atoms. The summed E-state index contributed by atoms with van der Waals surface area (Å²) in [6.45, 7) is 6.19. The van der Waals surface area contributed by atoms with E-state index in [1.807, 2.05) is 54.4 Å². The first-order valence-electron chi connectivity index (χ1n) is 8.85. The van der Waals surface area contributed by atoms with Gasteiger partial charge in [0.2, 0.25) is 5.91 Å². The van der Waals surface area contributed by atoms with Crippen LogP contribution in [0.3, 0.4) is 0 Å². The Bertz CT molecular complexity index is 651. The highest BCUT2D eigenvalue weighted by molar-refractivity contribution is 5.78. The third kappa shape index (κ3) is 4.67. The van der Waals surface area contributed by atoms with Gasteiger partial charge in [-0.05, 0) is 11.6 Å². The lowest BCUT2D eigenvalue weighted by Gasteiger charge is -2.36. The third-order valence-electron chi connectivity index (χ3n) is 4.74. The van der Waals surface area contributed by atoms with E-state index in [1.165, 1.54) is 0 Å². The Hall–Kier alpha value is -2.18. The van der Waals surface area contributed by atoms with Gasteiger partial charge in [-0.25, -0.2) is 0 Å². The van der Waals surface area contributed by atoms with E-state index in [-0.39, 0.29) is 11.8 Å². The molecule has 1 amide bonds. The topological polar surface area (TPSA) is 61.6 Å². The average Bonchev–Trinajstić information content (AvgIpc) is 3.15. The van der Waals surface area contributed by atoms with Crippen LogP contribution >= 0.6 is 0 Å². The minimum Gasteiger partial charge on any atom is -0.387 e. The van der Waals surface area contributed by atoms with Crippen molar-refractivity contribution in [3.8, 4) is 0 Å². The highest BCUT2D eigenvalue weighted by atomic mass is 16.3. The van der Waals surface area contributed by atoms with Gasteiger partial charge >= 0.3 is 0 Å². The van der Waals surface area contributed by atoms with Crippen molar-refractivity contribution in [2.75, 3.05) is 32.7 Å². The van der Waals surface area contributed by atoms with E-state index in [9.17, 15) is 9.90 Å². The van der Waals surface area contributed by atoms with Crippen LogP contribution in [0.4, 0.5) is 0 Å². The van der Waals surface area contributed by atoms with Crippen LogP contribution in [-0.2, 0) is 11.3 Å². The maximum Gasteiger partial charge on any atom is 0.227 e. The number of amides is 1. The summed E-state index contributed by atoms with van der Waals surface area (Å²) < 4.78 is 1.80. The van der Waals surface area contributed by atoms with Gasteiger partial charge in [-0.2, -0.15) is 5.10 Å². The van der Waals surface area contributed by atoms with Gasteiger partial charge in [0.05, 0.1) is 18.6 Å². The van der Waals surface area contributed by atoms with E-state index >= 15 is 0 Å². The van der Waals surface area contributed by atoms with E-state index in [2.05, 4.69) is 10.00 Å². The maximum absolute atomic E-state index is 12.6. The molecule has 0 aliphatic carbocycles.